The van der Waals surface area contributed by atoms with E-state index in [1.54, 1.807) is 0 Å². The Hall–Kier alpha value is -0.890. The smallest absolute Gasteiger partial charge is 0.244 e. The molecule has 114 valence electrons. The zero-order valence-electron chi connectivity index (χ0n) is 11.9. The maximum absolute atomic E-state index is 12.3. The third-order valence-corrected chi connectivity index (χ3v) is 4.73. The first kappa shape index (κ1) is 17.2. The average molecular weight is 322 g/mol. The van der Waals surface area contributed by atoms with Gasteiger partial charge >= 0.3 is 0 Å². The third-order valence-electron chi connectivity index (χ3n) is 2.62. The van der Waals surface area contributed by atoms with Crippen LogP contribution < -0.4 is 5.32 Å². The molecule has 0 unspecified atom stereocenters. The molecular formula is C12H20ClN3O3S. The van der Waals surface area contributed by atoms with Gasteiger partial charge in [0.1, 0.15) is 10.7 Å². The standard InChI is InChI=1S/C12H20ClN3O3S/c1-4-14-12-11(13)8-10(9-15-12)20(17,18)16(3)6-7-19-5-2/h8-9H,4-7H2,1-3H3,(H,14,15). The summed E-state index contributed by atoms with van der Waals surface area (Å²) < 4.78 is 31.0. The molecule has 1 aromatic heterocycles. The van der Waals surface area contributed by atoms with Crippen LogP contribution in [0.2, 0.25) is 5.02 Å². The number of halogens is 1. The van der Waals surface area contributed by atoms with Crippen molar-refractivity contribution < 1.29 is 13.2 Å². The van der Waals surface area contributed by atoms with Gasteiger partial charge < -0.3 is 10.1 Å². The van der Waals surface area contributed by atoms with E-state index in [0.29, 0.717) is 25.6 Å². The van der Waals surface area contributed by atoms with Gasteiger partial charge in [-0.3, -0.25) is 0 Å². The molecule has 0 spiro atoms. The van der Waals surface area contributed by atoms with E-state index in [-0.39, 0.29) is 16.5 Å². The number of rotatable bonds is 8. The Morgan fingerprint density at radius 1 is 1.45 bits per heavy atom. The maximum atomic E-state index is 12.3. The first-order valence-electron chi connectivity index (χ1n) is 6.37. The van der Waals surface area contributed by atoms with E-state index < -0.39 is 10.0 Å². The highest BCUT2D eigenvalue weighted by Gasteiger charge is 2.22. The highest BCUT2D eigenvalue weighted by Crippen LogP contribution is 2.23. The fraction of sp³-hybridized carbons (Fsp3) is 0.583. The van der Waals surface area contributed by atoms with Crippen LogP contribution in [-0.2, 0) is 14.8 Å². The minimum atomic E-state index is -3.60. The molecule has 6 nitrogen and oxygen atoms in total. The monoisotopic (exact) mass is 321 g/mol. The molecule has 0 aliphatic carbocycles. The van der Waals surface area contributed by atoms with Gasteiger partial charge in [-0.1, -0.05) is 11.6 Å². The van der Waals surface area contributed by atoms with Gasteiger partial charge in [-0.05, 0) is 19.9 Å². The van der Waals surface area contributed by atoms with Crippen LogP contribution in [0.15, 0.2) is 17.2 Å². The lowest BCUT2D eigenvalue weighted by atomic mass is 10.4. The van der Waals surface area contributed by atoms with Crippen molar-refractivity contribution in [1.82, 2.24) is 9.29 Å². The number of nitrogens with zero attached hydrogens (tertiary/aromatic N) is 2. The van der Waals surface area contributed by atoms with Crippen molar-refractivity contribution in [3.05, 3.63) is 17.3 Å². The Bertz CT molecular complexity index is 537. The van der Waals surface area contributed by atoms with Crippen molar-refractivity contribution in [3.8, 4) is 0 Å². The Morgan fingerprint density at radius 3 is 2.70 bits per heavy atom. The zero-order valence-corrected chi connectivity index (χ0v) is 13.5. The van der Waals surface area contributed by atoms with Gasteiger partial charge in [0.15, 0.2) is 0 Å². The van der Waals surface area contributed by atoms with Crippen molar-refractivity contribution in [1.29, 1.82) is 0 Å². The molecule has 0 amide bonds. The van der Waals surface area contributed by atoms with E-state index in [1.165, 1.54) is 23.6 Å². The molecule has 1 heterocycles. The molecule has 0 aliphatic heterocycles. The Morgan fingerprint density at radius 2 is 2.15 bits per heavy atom. The van der Waals surface area contributed by atoms with Crippen LogP contribution in [0.25, 0.3) is 0 Å². The topological polar surface area (TPSA) is 71.5 Å². The summed E-state index contributed by atoms with van der Waals surface area (Å²) in [4.78, 5) is 4.11. The molecule has 8 heteroatoms. The van der Waals surface area contributed by atoms with Gasteiger partial charge in [-0.2, -0.15) is 4.31 Å². The Labute approximate surface area is 125 Å². The Balaban J connectivity index is 2.89. The minimum Gasteiger partial charge on any atom is -0.380 e. The van der Waals surface area contributed by atoms with E-state index in [0.717, 1.165) is 0 Å². The van der Waals surface area contributed by atoms with Crippen molar-refractivity contribution in [2.24, 2.45) is 0 Å². The number of anilines is 1. The molecule has 0 fully saturated rings. The second-order valence-electron chi connectivity index (χ2n) is 4.06. The van der Waals surface area contributed by atoms with Gasteiger partial charge in [-0.15, -0.1) is 0 Å². The summed E-state index contributed by atoms with van der Waals surface area (Å²) in [6.45, 7) is 5.61. The molecule has 1 N–H and O–H groups in total. The number of nitrogens with one attached hydrogen (secondary N) is 1. The first-order valence-corrected chi connectivity index (χ1v) is 8.18. The van der Waals surface area contributed by atoms with E-state index in [4.69, 9.17) is 16.3 Å². The zero-order chi connectivity index (χ0) is 15.2. The molecule has 0 atom stereocenters. The molecule has 0 aromatic carbocycles. The number of ether oxygens (including phenoxy) is 1. The number of pyridine rings is 1. The Kier molecular flexibility index (Phi) is 6.67. The van der Waals surface area contributed by atoms with Gasteiger partial charge in [0, 0.05) is 32.9 Å². The van der Waals surface area contributed by atoms with E-state index >= 15 is 0 Å². The van der Waals surface area contributed by atoms with E-state index in [9.17, 15) is 8.42 Å². The van der Waals surface area contributed by atoms with Gasteiger partial charge in [-0.25, -0.2) is 13.4 Å². The first-order chi connectivity index (χ1) is 9.43. The van der Waals surface area contributed by atoms with Crippen LogP contribution in [0.5, 0.6) is 0 Å². The molecule has 0 saturated heterocycles. The SMILES string of the molecule is CCNc1ncc(S(=O)(=O)N(C)CCOCC)cc1Cl. The maximum Gasteiger partial charge on any atom is 0.244 e. The highest BCUT2D eigenvalue weighted by atomic mass is 35.5. The van der Waals surface area contributed by atoms with Crippen molar-refractivity contribution in [2.45, 2.75) is 18.7 Å². The van der Waals surface area contributed by atoms with Crippen LogP contribution in [0, 0.1) is 0 Å². The van der Waals surface area contributed by atoms with Crippen LogP contribution in [0.1, 0.15) is 13.8 Å². The summed E-state index contributed by atoms with van der Waals surface area (Å²) in [5.41, 5.74) is 0. The van der Waals surface area contributed by atoms with Crippen molar-refractivity contribution in [3.63, 3.8) is 0 Å². The molecule has 0 aliphatic rings. The fourth-order valence-corrected chi connectivity index (χ4v) is 2.92. The van der Waals surface area contributed by atoms with Gasteiger partial charge in [0.2, 0.25) is 10.0 Å². The predicted octanol–water partition coefficient (Wildman–Crippen LogP) is 1.82. The van der Waals surface area contributed by atoms with Gasteiger partial charge in [0.05, 0.1) is 11.6 Å². The molecule has 0 bridgehead atoms. The number of likely N-dealkylation sites (N-methyl/N-ethyl adjacent to an activating group) is 1. The summed E-state index contributed by atoms with van der Waals surface area (Å²) in [6, 6.07) is 1.40. The average Bonchev–Trinajstić information content (AvgIpc) is 2.41. The lowest BCUT2D eigenvalue weighted by Gasteiger charge is -2.17. The predicted molar refractivity (Wildman–Crippen MR) is 79.7 cm³/mol. The number of hydrogen-bond acceptors (Lipinski definition) is 5. The van der Waals surface area contributed by atoms with E-state index in [1.807, 2.05) is 13.8 Å². The summed E-state index contributed by atoms with van der Waals surface area (Å²) in [5, 5.41) is 3.24. The summed E-state index contributed by atoms with van der Waals surface area (Å²) >= 11 is 6.01. The quantitative estimate of drug-likeness (QED) is 0.740. The molecule has 1 rings (SSSR count). The molecule has 0 saturated carbocycles. The van der Waals surface area contributed by atoms with Crippen molar-refractivity contribution in [2.75, 3.05) is 38.7 Å². The number of aromatic nitrogens is 1. The second-order valence-corrected chi connectivity index (χ2v) is 6.51. The number of hydrogen-bond donors (Lipinski definition) is 1. The largest absolute Gasteiger partial charge is 0.380 e. The summed E-state index contributed by atoms with van der Waals surface area (Å²) in [6.07, 6.45) is 1.30. The molecular weight excluding hydrogens is 302 g/mol. The van der Waals surface area contributed by atoms with Crippen LogP contribution in [-0.4, -0.2) is 51.1 Å². The minimum absolute atomic E-state index is 0.0724. The van der Waals surface area contributed by atoms with Gasteiger partial charge in [0.25, 0.3) is 0 Å². The molecule has 20 heavy (non-hydrogen) atoms. The summed E-state index contributed by atoms with van der Waals surface area (Å²) in [7, 11) is -2.09. The molecule has 1 aromatic rings. The van der Waals surface area contributed by atoms with E-state index in [2.05, 4.69) is 10.3 Å². The van der Waals surface area contributed by atoms with Crippen LogP contribution in [0.3, 0.4) is 0 Å². The fourth-order valence-electron chi connectivity index (χ4n) is 1.50. The molecule has 0 radical (unpaired) electrons. The number of sulfonamides is 1. The second kappa shape index (κ2) is 7.78. The van der Waals surface area contributed by atoms with Crippen LogP contribution in [0.4, 0.5) is 5.82 Å². The van der Waals surface area contributed by atoms with Crippen molar-refractivity contribution >= 4 is 27.4 Å². The van der Waals surface area contributed by atoms with Crippen LogP contribution >= 0.6 is 11.6 Å². The summed E-state index contributed by atoms with van der Waals surface area (Å²) in [5.74, 6) is 0.477. The lowest BCUT2D eigenvalue weighted by Crippen LogP contribution is -2.30. The highest BCUT2D eigenvalue weighted by molar-refractivity contribution is 7.89. The lowest BCUT2D eigenvalue weighted by molar-refractivity contribution is 0.138. The normalized spacial score (nSPS) is 11.8. The third kappa shape index (κ3) is 4.31.